The molecule has 2 amide bonds. The molecule has 1 unspecified atom stereocenters. The average molecular weight is 644 g/mol. The molecule has 1 N–H and O–H groups in total. The smallest absolute Gasteiger partial charge is 0.264 e. The number of methoxy groups -OCH3 is 2. The van der Waals surface area contributed by atoms with E-state index in [4.69, 9.17) is 9.47 Å². The van der Waals surface area contributed by atoms with Crippen LogP contribution in [0, 0.1) is 6.92 Å². The third-order valence-electron chi connectivity index (χ3n) is 7.52. The first kappa shape index (κ1) is 34.1. The number of carbonyl (C=O) groups excluding carboxylic acids is 2. The van der Waals surface area contributed by atoms with Crippen LogP contribution < -0.4 is 19.1 Å². The standard InChI is InChI=1S/C36H41N3O6S/c1-5-21-37-36(41)32(23-28-14-8-6-9-15-28)38(25-29-16-12-13-27(2)22-29)35(40)26-39(30-17-10-7-11-18-30)46(42,43)31-19-20-33(44-3)34(24-31)45-4/h6-20,22,24,32H,5,21,23,25-26H2,1-4H3,(H,37,41). The predicted octanol–water partition coefficient (Wildman–Crippen LogP) is 5.37. The normalized spacial score (nSPS) is 11.7. The molecule has 0 heterocycles. The maximum absolute atomic E-state index is 14.5. The zero-order chi connectivity index (χ0) is 33.1. The fraction of sp³-hybridized carbons (Fsp3) is 0.278. The zero-order valence-electron chi connectivity index (χ0n) is 26.7. The molecule has 1 atom stereocenters. The lowest BCUT2D eigenvalue weighted by atomic mass is 10.0. The second-order valence-corrected chi connectivity index (χ2v) is 12.7. The molecule has 46 heavy (non-hydrogen) atoms. The number of anilines is 1. The third-order valence-corrected chi connectivity index (χ3v) is 9.29. The topological polar surface area (TPSA) is 105 Å². The molecule has 0 bridgehead atoms. The molecular weight excluding hydrogens is 602 g/mol. The number of hydrogen-bond donors (Lipinski definition) is 1. The van der Waals surface area contributed by atoms with Crippen LogP contribution in [-0.2, 0) is 32.6 Å². The molecule has 0 spiro atoms. The Labute approximate surface area is 271 Å². The molecule has 4 rings (SSSR count). The average Bonchev–Trinajstić information content (AvgIpc) is 3.07. The molecule has 4 aromatic carbocycles. The van der Waals surface area contributed by atoms with E-state index in [1.165, 1.54) is 37.3 Å². The minimum absolute atomic E-state index is 0.0754. The molecule has 0 aliphatic heterocycles. The first-order valence-electron chi connectivity index (χ1n) is 15.1. The van der Waals surface area contributed by atoms with Gasteiger partial charge in [-0.3, -0.25) is 13.9 Å². The fourth-order valence-electron chi connectivity index (χ4n) is 5.15. The van der Waals surface area contributed by atoms with Gasteiger partial charge in [0.2, 0.25) is 11.8 Å². The van der Waals surface area contributed by atoms with Gasteiger partial charge in [-0.1, -0.05) is 85.3 Å². The largest absolute Gasteiger partial charge is 0.493 e. The molecule has 9 nitrogen and oxygen atoms in total. The van der Waals surface area contributed by atoms with Gasteiger partial charge in [-0.25, -0.2) is 8.42 Å². The molecule has 4 aromatic rings. The quantitative estimate of drug-likeness (QED) is 0.187. The van der Waals surface area contributed by atoms with Gasteiger partial charge in [0.15, 0.2) is 11.5 Å². The van der Waals surface area contributed by atoms with Gasteiger partial charge in [-0.15, -0.1) is 0 Å². The van der Waals surface area contributed by atoms with E-state index in [-0.39, 0.29) is 29.5 Å². The molecule has 0 saturated heterocycles. The highest BCUT2D eigenvalue weighted by Crippen LogP contribution is 2.32. The van der Waals surface area contributed by atoms with Crippen molar-refractivity contribution in [2.75, 3.05) is 31.6 Å². The number of nitrogens with zero attached hydrogens (tertiary/aromatic N) is 2. The number of nitrogens with one attached hydrogen (secondary N) is 1. The predicted molar refractivity (Wildman–Crippen MR) is 179 cm³/mol. The van der Waals surface area contributed by atoms with Gasteiger partial charge in [-0.05, 0) is 48.7 Å². The van der Waals surface area contributed by atoms with Gasteiger partial charge in [0.05, 0.1) is 24.8 Å². The molecule has 10 heteroatoms. The van der Waals surface area contributed by atoms with E-state index >= 15 is 0 Å². The van der Waals surface area contributed by atoms with Gasteiger partial charge < -0.3 is 19.7 Å². The number of sulfonamides is 1. The van der Waals surface area contributed by atoms with Gasteiger partial charge in [0, 0.05) is 25.6 Å². The van der Waals surface area contributed by atoms with Gasteiger partial charge in [0.25, 0.3) is 10.0 Å². The monoisotopic (exact) mass is 643 g/mol. The Bertz CT molecular complexity index is 1710. The van der Waals surface area contributed by atoms with Crippen molar-refractivity contribution in [2.24, 2.45) is 0 Å². The summed E-state index contributed by atoms with van der Waals surface area (Å²) in [6.07, 6.45) is 0.975. The molecule has 0 radical (unpaired) electrons. The number of ether oxygens (including phenoxy) is 2. The number of para-hydroxylation sites is 1. The van der Waals surface area contributed by atoms with Gasteiger partial charge in [-0.2, -0.15) is 0 Å². The number of amides is 2. The van der Waals surface area contributed by atoms with Crippen molar-refractivity contribution in [2.45, 2.75) is 44.2 Å². The van der Waals surface area contributed by atoms with E-state index in [9.17, 15) is 18.0 Å². The number of aryl methyl sites for hydroxylation is 1. The highest BCUT2D eigenvalue weighted by Gasteiger charge is 2.35. The Kier molecular flexibility index (Phi) is 11.8. The van der Waals surface area contributed by atoms with Crippen LogP contribution >= 0.6 is 0 Å². The minimum atomic E-state index is -4.29. The lowest BCUT2D eigenvalue weighted by Gasteiger charge is -2.34. The number of rotatable bonds is 15. The Balaban J connectivity index is 1.80. The van der Waals surface area contributed by atoms with Gasteiger partial charge in [0.1, 0.15) is 12.6 Å². The Hall–Kier alpha value is -4.83. The van der Waals surface area contributed by atoms with Gasteiger partial charge >= 0.3 is 0 Å². The Morgan fingerprint density at radius 3 is 2.09 bits per heavy atom. The van der Waals surface area contributed by atoms with Crippen molar-refractivity contribution in [3.8, 4) is 11.5 Å². The first-order chi connectivity index (χ1) is 22.2. The molecule has 0 aromatic heterocycles. The minimum Gasteiger partial charge on any atom is -0.493 e. The van der Waals surface area contributed by atoms with E-state index in [2.05, 4.69) is 5.32 Å². The van der Waals surface area contributed by atoms with Crippen molar-refractivity contribution < 1.29 is 27.5 Å². The van der Waals surface area contributed by atoms with Crippen molar-refractivity contribution in [1.29, 1.82) is 0 Å². The third kappa shape index (κ3) is 8.45. The summed E-state index contributed by atoms with van der Waals surface area (Å²) in [6, 6.07) is 29.0. The molecule has 0 fully saturated rings. The van der Waals surface area contributed by atoms with E-state index in [1.54, 1.807) is 30.3 Å². The van der Waals surface area contributed by atoms with E-state index in [0.717, 1.165) is 27.4 Å². The summed E-state index contributed by atoms with van der Waals surface area (Å²) in [5.41, 5.74) is 3.00. The first-order valence-corrected chi connectivity index (χ1v) is 16.6. The molecule has 242 valence electrons. The van der Waals surface area contributed by atoms with E-state index < -0.39 is 28.5 Å². The second-order valence-electron chi connectivity index (χ2n) is 10.9. The molecule has 0 aliphatic rings. The van der Waals surface area contributed by atoms with Crippen molar-refractivity contribution in [3.63, 3.8) is 0 Å². The maximum Gasteiger partial charge on any atom is 0.264 e. The van der Waals surface area contributed by atoms with Crippen molar-refractivity contribution in [1.82, 2.24) is 10.2 Å². The maximum atomic E-state index is 14.5. The summed E-state index contributed by atoms with van der Waals surface area (Å²) in [6.45, 7) is 3.92. The molecular formula is C36H41N3O6S. The van der Waals surface area contributed by atoms with Crippen LogP contribution in [0.2, 0.25) is 0 Å². The van der Waals surface area contributed by atoms with Crippen molar-refractivity contribution >= 4 is 27.5 Å². The summed E-state index contributed by atoms with van der Waals surface area (Å²) in [5, 5.41) is 2.96. The number of benzene rings is 4. The van der Waals surface area contributed by atoms with Crippen LogP contribution in [0.25, 0.3) is 0 Å². The van der Waals surface area contributed by atoms with Crippen LogP contribution in [0.5, 0.6) is 11.5 Å². The highest BCUT2D eigenvalue weighted by molar-refractivity contribution is 7.92. The summed E-state index contributed by atoms with van der Waals surface area (Å²) in [7, 11) is -1.40. The van der Waals surface area contributed by atoms with Crippen LogP contribution in [-0.4, -0.2) is 58.5 Å². The Morgan fingerprint density at radius 2 is 1.46 bits per heavy atom. The van der Waals surface area contributed by atoms with Crippen LogP contribution in [0.1, 0.15) is 30.0 Å². The molecule has 0 aliphatic carbocycles. The highest BCUT2D eigenvalue weighted by atomic mass is 32.2. The summed E-state index contributed by atoms with van der Waals surface area (Å²) in [4.78, 5) is 29.7. The number of hydrogen-bond acceptors (Lipinski definition) is 6. The lowest BCUT2D eigenvalue weighted by Crippen LogP contribution is -2.53. The van der Waals surface area contributed by atoms with Crippen LogP contribution in [0.3, 0.4) is 0 Å². The summed E-state index contributed by atoms with van der Waals surface area (Å²) < 4.78 is 40.3. The zero-order valence-corrected chi connectivity index (χ0v) is 27.5. The van der Waals surface area contributed by atoms with E-state index in [0.29, 0.717) is 18.0 Å². The van der Waals surface area contributed by atoms with Crippen LogP contribution in [0.15, 0.2) is 108 Å². The summed E-state index contributed by atoms with van der Waals surface area (Å²) in [5.74, 6) is -0.225. The lowest BCUT2D eigenvalue weighted by molar-refractivity contribution is -0.140. The van der Waals surface area contributed by atoms with Crippen LogP contribution in [0.4, 0.5) is 5.69 Å². The fourth-order valence-corrected chi connectivity index (χ4v) is 6.58. The SMILES string of the molecule is CCCNC(=O)C(Cc1ccccc1)N(Cc1cccc(C)c1)C(=O)CN(c1ccccc1)S(=O)(=O)c1ccc(OC)c(OC)c1. The Morgan fingerprint density at radius 1 is 0.804 bits per heavy atom. The number of carbonyl (C=O) groups is 2. The second kappa shape index (κ2) is 15.9. The van der Waals surface area contributed by atoms with Crippen molar-refractivity contribution in [3.05, 3.63) is 120 Å². The van der Waals surface area contributed by atoms with E-state index in [1.807, 2.05) is 68.4 Å². The molecule has 0 saturated carbocycles. The summed E-state index contributed by atoms with van der Waals surface area (Å²) >= 11 is 0.